The van der Waals surface area contributed by atoms with Crippen molar-refractivity contribution in [3.05, 3.63) is 47.3 Å². The molecule has 10 heteroatoms. The van der Waals surface area contributed by atoms with Gasteiger partial charge in [0.05, 0.1) is 5.00 Å². The Balaban J connectivity index is 0.00000272. The number of aliphatic imine (C=N–C) groups is 1. The quantitative estimate of drug-likeness (QED) is 0.306. The molecule has 2 heterocycles. The summed E-state index contributed by atoms with van der Waals surface area (Å²) < 4.78 is 42.2. The number of para-hydroxylation sites is 1. The Labute approximate surface area is 201 Å². The van der Waals surface area contributed by atoms with Gasteiger partial charge in [0.15, 0.2) is 5.96 Å². The summed E-state index contributed by atoms with van der Waals surface area (Å²) in [6, 6.07) is 10.9. The van der Waals surface area contributed by atoms with Gasteiger partial charge in [-0.3, -0.25) is 4.99 Å². The Kier molecular flexibility index (Phi) is 7.95. The summed E-state index contributed by atoms with van der Waals surface area (Å²) in [5.74, 6) is 0.553. The van der Waals surface area contributed by atoms with E-state index in [4.69, 9.17) is 0 Å². The maximum Gasteiger partial charge on any atom is 0.573 e. The molecule has 2 atom stereocenters. The molecule has 5 nitrogen and oxygen atoms in total. The molecule has 2 aliphatic rings. The number of nitrogens with zero attached hydrogens (tertiary/aromatic N) is 2. The van der Waals surface area contributed by atoms with Crippen LogP contribution in [0.15, 0.2) is 46.8 Å². The van der Waals surface area contributed by atoms with Crippen LogP contribution in [0.1, 0.15) is 30.7 Å². The zero-order chi connectivity index (χ0) is 21.1. The van der Waals surface area contributed by atoms with Crippen molar-refractivity contribution in [2.24, 2.45) is 4.99 Å². The van der Waals surface area contributed by atoms with Gasteiger partial charge in [0.1, 0.15) is 5.75 Å². The molecule has 2 unspecified atom stereocenters. The lowest BCUT2D eigenvalue weighted by molar-refractivity contribution is -0.274. The van der Waals surface area contributed by atoms with Crippen molar-refractivity contribution < 1.29 is 17.9 Å². The van der Waals surface area contributed by atoms with Crippen LogP contribution >= 0.6 is 35.3 Å². The van der Waals surface area contributed by atoms with Crippen LogP contribution in [-0.4, -0.2) is 44.5 Å². The highest BCUT2D eigenvalue weighted by atomic mass is 127. The summed E-state index contributed by atoms with van der Waals surface area (Å²) in [6.07, 6.45) is -1.93. The van der Waals surface area contributed by atoms with E-state index < -0.39 is 6.36 Å². The Morgan fingerprint density at radius 1 is 1.13 bits per heavy atom. The third-order valence-electron chi connectivity index (χ3n) is 5.53. The van der Waals surface area contributed by atoms with E-state index in [0.29, 0.717) is 17.6 Å². The van der Waals surface area contributed by atoms with Gasteiger partial charge in [-0.1, -0.05) is 18.2 Å². The van der Waals surface area contributed by atoms with Crippen molar-refractivity contribution in [2.75, 3.05) is 25.0 Å². The second-order valence-corrected chi connectivity index (χ2v) is 8.53. The number of nitrogens with one attached hydrogen (secondary N) is 2. The molecule has 2 aromatic rings. The van der Waals surface area contributed by atoms with E-state index in [1.54, 1.807) is 36.6 Å². The van der Waals surface area contributed by atoms with Crippen LogP contribution in [0.4, 0.5) is 18.2 Å². The number of hydrogen-bond acceptors (Lipinski definition) is 4. The number of anilines is 1. The molecule has 1 aliphatic carbocycles. The van der Waals surface area contributed by atoms with Gasteiger partial charge in [-0.2, -0.15) is 0 Å². The predicted molar refractivity (Wildman–Crippen MR) is 129 cm³/mol. The minimum Gasteiger partial charge on any atom is -0.405 e. The number of thiophene rings is 1. The van der Waals surface area contributed by atoms with Crippen LogP contribution in [-0.2, 0) is 0 Å². The summed E-state index contributed by atoms with van der Waals surface area (Å²) in [6.45, 7) is 1.98. The Hall–Kier alpha value is -1.69. The fraction of sp³-hybridized carbons (Fsp3) is 0.476. The Bertz CT molecular complexity index is 870. The number of rotatable bonds is 5. The van der Waals surface area contributed by atoms with Gasteiger partial charge >= 0.3 is 6.36 Å². The summed E-state index contributed by atoms with van der Waals surface area (Å²) in [5, 5.41) is 10.2. The predicted octanol–water partition coefficient (Wildman–Crippen LogP) is 4.95. The average molecular weight is 566 g/mol. The molecule has 1 saturated heterocycles. The molecular formula is C21H26F3IN4OS. The summed E-state index contributed by atoms with van der Waals surface area (Å²) in [5.41, 5.74) is 0.576. The fourth-order valence-electron chi connectivity index (χ4n) is 3.94. The summed E-state index contributed by atoms with van der Waals surface area (Å²) in [4.78, 5) is 6.71. The van der Waals surface area contributed by atoms with Crippen LogP contribution in [0.25, 0.3) is 0 Å². The number of alkyl halides is 3. The molecule has 2 N–H and O–H groups in total. The van der Waals surface area contributed by atoms with Gasteiger partial charge in [-0.15, -0.1) is 48.5 Å². The molecule has 1 saturated carbocycles. The maximum atomic E-state index is 12.7. The van der Waals surface area contributed by atoms with Gasteiger partial charge in [0, 0.05) is 38.1 Å². The monoisotopic (exact) mass is 566 g/mol. The highest BCUT2D eigenvalue weighted by Crippen LogP contribution is 2.45. The van der Waals surface area contributed by atoms with E-state index in [1.165, 1.54) is 11.1 Å². The fourth-order valence-corrected chi connectivity index (χ4v) is 4.72. The number of ether oxygens (including phenoxy) is 1. The molecule has 2 fully saturated rings. The smallest absolute Gasteiger partial charge is 0.405 e. The van der Waals surface area contributed by atoms with Crippen molar-refractivity contribution in [3.63, 3.8) is 0 Å². The number of piperidine rings is 1. The van der Waals surface area contributed by atoms with E-state index in [1.807, 2.05) is 0 Å². The summed E-state index contributed by atoms with van der Waals surface area (Å²) >= 11 is 1.76. The Morgan fingerprint density at radius 2 is 1.87 bits per heavy atom. The standard InChI is InChI=1S/C21H25F3N4OS.HI/c1-25-20(26-14-8-10-28(11-9-14)19-7-4-12-30-19)27-17-13-16(17)15-5-2-3-6-18(15)29-21(22,23)24;/h2-7,12,14,16-17H,8-11,13H2,1H3,(H2,25,26,27);1H. The molecule has 1 aliphatic heterocycles. The third-order valence-corrected chi connectivity index (χ3v) is 6.46. The molecule has 0 radical (unpaired) electrons. The maximum absolute atomic E-state index is 12.7. The van der Waals surface area contributed by atoms with Gasteiger partial charge in [0.25, 0.3) is 0 Å². The molecule has 170 valence electrons. The molecule has 31 heavy (non-hydrogen) atoms. The second-order valence-electron chi connectivity index (χ2n) is 7.61. The van der Waals surface area contributed by atoms with Crippen LogP contribution < -0.4 is 20.3 Å². The highest BCUT2D eigenvalue weighted by Gasteiger charge is 2.42. The van der Waals surface area contributed by atoms with Crippen molar-refractivity contribution in [3.8, 4) is 5.75 Å². The lowest BCUT2D eigenvalue weighted by Crippen LogP contribution is -2.49. The first kappa shape index (κ1) is 24.0. The van der Waals surface area contributed by atoms with Crippen LogP contribution in [0.2, 0.25) is 0 Å². The molecule has 1 aromatic heterocycles. The number of hydrogen-bond donors (Lipinski definition) is 2. The zero-order valence-corrected chi connectivity index (χ0v) is 20.2. The topological polar surface area (TPSA) is 48.9 Å². The van der Waals surface area contributed by atoms with Gasteiger partial charge < -0.3 is 20.3 Å². The molecular weight excluding hydrogens is 540 g/mol. The number of guanidine groups is 1. The molecule has 0 amide bonds. The molecule has 0 spiro atoms. The minimum atomic E-state index is -4.69. The largest absolute Gasteiger partial charge is 0.573 e. The van der Waals surface area contributed by atoms with Crippen molar-refractivity contribution in [2.45, 2.75) is 43.6 Å². The number of benzene rings is 1. The highest BCUT2D eigenvalue weighted by molar-refractivity contribution is 14.0. The van der Waals surface area contributed by atoms with Crippen molar-refractivity contribution >= 4 is 46.3 Å². The van der Waals surface area contributed by atoms with Gasteiger partial charge in [-0.05, 0) is 48.4 Å². The van der Waals surface area contributed by atoms with Crippen molar-refractivity contribution in [1.29, 1.82) is 0 Å². The summed E-state index contributed by atoms with van der Waals surface area (Å²) in [7, 11) is 1.72. The first-order valence-electron chi connectivity index (χ1n) is 10.1. The van der Waals surface area contributed by atoms with Gasteiger partial charge in [-0.25, -0.2) is 0 Å². The first-order chi connectivity index (χ1) is 14.4. The van der Waals surface area contributed by atoms with E-state index in [0.717, 1.165) is 32.4 Å². The van der Waals surface area contributed by atoms with Crippen LogP contribution in [0, 0.1) is 0 Å². The van der Waals surface area contributed by atoms with Crippen molar-refractivity contribution in [1.82, 2.24) is 10.6 Å². The zero-order valence-electron chi connectivity index (χ0n) is 17.1. The number of halogens is 4. The average Bonchev–Trinajstić information content (AvgIpc) is 3.24. The second kappa shape index (κ2) is 10.3. The van der Waals surface area contributed by atoms with E-state index in [9.17, 15) is 13.2 Å². The minimum absolute atomic E-state index is 0. The van der Waals surface area contributed by atoms with E-state index in [-0.39, 0.29) is 41.7 Å². The Morgan fingerprint density at radius 3 is 2.52 bits per heavy atom. The van der Waals surface area contributed by atoms with Gasteiger partial charge in [0.2, 0.25) is 0 Å². The lowest BCUT2D eigenvalue weighted by atomic mass is 10.1. The lowest BCUT2D eigenvalue weighted by Gasteiger charge is -2.33. The third kappa shape index (κ3) is 6.41. The van der Waals surface area contributed by atoms with E-state index >= 15 is 0 Å². The molecule has 1 aromatic carbocycles. The SMILES string of the molecule is CN=C(NC1CCN(c2cccs2)CC1)NC1CC1c1ccccc1OC(F)(F)F.I. The van der Waals surface area contributed by atoms with E-state index in [2.05, 4.69) is 42.8 Å². The molecule has 0 bridgehead atoms. The normalized spacial score (nSPS) is 21.9. The first-order valence-corrected chi connectivity index (χ1v) is 10.9. The van der Waals surface area contributed by atoms with Crippen LogP contribution in [0.3, 0.4) is 0 Å². The molecule has 4 rings (SSSR count). The van der Waals surface area contributed by atoms with Crippen LogP contribution in [0.5, 0.6) is 5.75 Å².